The first kappa shape index (κ1) is 22.1. The molecule has 1 aliphatic heterocycles. The van der Waals surface area contributed by atoms with Gasteiger partial charge in [0.2, 0.25) is 5.82 Å². The van der Waals surface area contributed by atoms with Crippen molar-refractivity contribution >= 4 is 39.9 Å². The van der Waals surface area contributed by atoms with Crippen molar-refractivity contribution in [1.82, 2.24) is 15.0 Å². The summed E-state index contributed by atoms with van der Waals surface area (Å²) < 4.78 is 0. The Balaban J connectivity index is 1.43. The van der Waals surface area contributed by atoms with E-state index >= 15 is 0 Å². The highest BCUT2D eigenvalue weighted by atomic mass is 32.2. The Labute approximate surface area is 201 Å². The van der Waals surface area contributed by atoms with Crippen LogP contribution in [-0.2, 0) is 0 Å². The third-order valence-electron chi connectivity index (χ3n) is 6.25. The minimum atomic E-state index is -0.368. The fourth-order valence-electron chi connectivity index (χ4n) is 4.32. The van der Waals surface area contributed by atoms with E-state index in [-0.39, 0.29) is 10.6 Å². The molecule has 1 aliphatic rings. The van der Waals surface area contributed by atoms with Crippen molar-refractivity contribution in [1.29, 1.82) is 0 Å². The maximum atomic E-state index is 12.2. The summed E-state index contributed by atoms with van der Waals surface area (Å²) >= 11 is 1.26. The van der Waals surface area contributed by atoms with E-state index in [0.29, 0.717) is 23.9 Å². The first-order valence-electron chi connectivity index (χ1n) is 11.1. The number of anilines is 2. The molecule has 0 saturated carbocycles. The van der Waals surface area contributed by atoms with Gasteiger partial charge in [-0.3, -0.25) is 15.1 Å². The lowest BCUT2D eigenvalue weighted by molar-refractivity contribution is -0.387. The molecule has 0 radical (unpaired) electrons. The number of aromatic nitrogens is 3. The summed E-state index contributed by atoms with van der Waals surface area (Å²) in [5.74, 6) is 0.372. The summed E-state index contributed by atoms with van der Waals surface area (Å²) in [5.41, 5.74) is 4.49. The maximum absolute atomic E-state index is 12.2. The summed E-state index contributed by atoms with van der Waals surface area (Å²) in [6.07, 6.45) is 3.14. The number of piperazine rings is 1. The lowest BCUT2D eigenvalue weighted by Crippen LogP contribution is -2.47. The monoisotopic (exact) mass is 472 g/mol. The Morgan fingerprint density at radius 3 is 2.44 bits per heavy atom. The van der Waals surface area contributed by atoms with E-state index in [2.05, 4.69) is 51.9 Å². The molecule has 3 heterocycles. The number of pyridine rings is 1. The molecule has 1 fully saturated rings. The average molecular weight is 473 g/mol. The van der Waals surface area contributed by atoms with E-state index in [4.69, 9.17) is 0 Å². The second kappa shape index (κ2) is 9.26. The Kier molecular flexibility index (Phi) is 6.02. The molecule has 0 spiro atoms. The predicted molar refractivity (Wildman–Crippen MR) is 135 cm³/mol. The molecule has 0 amide bonds. The molecule has 2 aromatic carbocycles. The predicted octanol–water partition coefficient (Wildman–Crippen LogP) is 5.03. The molecular weight excluding hydrogens is 448 g/mol. The number of nitro groups is 1. The second-order valence-electron chi connectivity index (χ2n) is 8.23. The zero-order chi connectivity index (χ0) is 23.7. The molecule has 0 unspecified atom stereocenters. The lowest BCUT2D eigenvalue weighted by Gasteiger charge is -2.37. The van der Waals surface area contributed by atoms with Gasteiger partial charge in [-0.1, -0.05) is 42.1 Å². The quantitative estimate of drug-likeness (QED) is 0.227. The number of aryl methyl sites for hydroxylation is 1. The first-order valence-corrected chi connectivity index (χ1v) is 11.9. The summed E-state index contributed by atoms with van der Waals surface area (Å²) in [7, 11) is 0. The van der Waals surface area contributed by atoms with Crippen LogP contribution in [0, 0.1) is 24.0 Å². The molecule has 4 aromatic rings. The van der Waals surface area contributed by atoms with Crippen molar-refractivity contribution in [3.63, 3.8) is 0 Å². The minimum Gasteiger partial charge on any atom is -0.368 e. The molecule has 0 bridgehead atoms. The molecule has 2 aromatic heterocycles. The normalized spacial score (nSPS) is 13.9. The molecule has 0 N–H and O–H groups in total. The van der Waals surface area contributed by atoms with Crippen LogP contribution in [0.15, 0.2) is 71.0 Å². The van der Waals surface area contributed by atoms with Gasteiger partial charge in [0.05, 0.1) is 10.4 Å². The fourth-order valence-corrected chi connectivity index (χ4v) is 5.30. The van der Waals surface area contributed by atoms with Crippen LogP contribution in [0.4, 0.5) is 17.2 Å². The van der Waals surface area contributed by atoms with Gasteiger partial charge in [0, 0.05) is 48.3 Å². The number of para-hydroxylation sites is 1. The van der Waals surface area contributed by atoms with E-state index in [1.165, 1.54) is 34.9 Å². The molecular formula is C25H24N6O2S. The van der Waals surface area contributed by atoms with E-state index in [9.17, 15) is 10.1 Å². The molecule has 9 heteroatoms. The van der Waals surface area contributed by atoms with Crippen LogP contribution in [0.3, 0.4) is 0 Å². The molecule has 172 valence electrons. The van der Waals surface area contributed by atoms with Crippen LogP contribution in [0.1, 0.15) is 11.1 Å². The van der Waals surface area contributed by atoms with Crippen molar-refractivity contribution in [3.8, 4) is 0 Å². The molecule has 1 saturated heterocycles. The van der Waals surface area contributed by atoms with Crippen LogP contribution in [0.5, 0.6) is 0 Å². The van der Waals surface area contributed by atoms with Crippen molar-refractivity contribution < 1.29 is 4.92 Å². The van der Waals surface area contributed by atoms with Gasteiger partial charge < -0.3 is 9.80 Å². The van der Waals surface area contributed by atoms with E-state index in [1.807, 2.05) is 35.2 Å². The number of benzene rings is 2. The molecule has 0 atom stereocenters. The Morgan fingerprint density at radius 1 is 0.912 bits per heavy atom. The Hall–Kier alpha value is -3.72. The van der Waals surface area contributed by atoms with E-state index < -0.39 is 0 Å². The van der Waals surface area contributed by atoms with Crippen LogP contribution >= 0.6 is 11.8 Å². The number of hydrogen-bond donors (Lipinski definition) is 0. The second-order valence-corrected chi connectivity index (χ2v) is 9.27. The smallest absolute Gasteiger partial charge is 0.343 e. The summed E-state index contributed by atoms with van der Waals surface area (Å²) in [6.45, 7) is 7.07. The van der Waals surface area contributed by atoms with E-state index in [0.717, 1.165) is 28.9 Å². The van der Waals surface area contributed by atoms with Gasteiger partial charge in [-0.2, -0.15) is 0 Å². The maximum Gasteiger partial charge on any atom is 0.343 e. The number of rotatable bonds is 5. The number of nitrogens with zero attached hydrogens (tertiary/aromatic N) is 6. The van der Waals surface area contributed by atoms with Gasteiger partial charge in [-0.15, -0.1) is 0 Å². The highest BCUT2D eigenvalue weighted by molar-refractivity contribution is 7.99. The summed E-state index contributed by atoms with van der Waals surface area (Å²) in [4.78, 5) is 30.0. The van der Waals surface area contributed by atoms with Crippen molar-refractivity contribution in [2.75, 3.05) is 36.0 Å². The van der Waals surface area contributed by atoms with Gasteiger partial charge in [0.15, 0.2) is 5.03 Å². The first-order chi connectivity index (χ1) is 16.5. The molecule has 5 rings (SSSR count). The van der Waals surface area contributed by atoms with Crippen molar-refractivity contribution in [3.05, 3.63) is 82.3 Å². The number of hydrogen-bond acceptors (Lipinski definition) is 8. The fraction of sp³-hybridized carbons (Fsp3) is 0.240. The third-order valence-corrected chi connectivity index (χ3v) is 7.29. The highest BCUT2D eigenvalue weighted by Crippen LogP contribution is 2.40. The van der Waals surface area contributed by atoms with Gasteiger partial charge in [0.1, 0.15) is 6.33 Å². The molecule has 34 heavy (non-hydrogen) atoms. The highest BCUT2D eigenvalue weighted by Gasteiger charge is 2.30. The standard InChI is InChI=1S/C25H24N6O2S/c1-17-6-3-9-20(18(17)2)29-12-14-30(15-13-29)24-23(31(32)33)25(28-16-27-24)34-21-10-4-7-19-8-5-11-26-22(19)21/h3-11,16H,12-15H2,1-2H3. The van der Waals surface area contributed by atoms with Gasteiger partial charge >= 0.3 is 5.69 Å². The SMILES string of the molecule is Cc1cccc(N2CCN(c3ncnc(Sc4cccc5cccnc45)c3[N+](=O)[O-])CC2)c1C. The van der Waals surface area contributed by atoms with Crippen LogP contribution in [0.25, 0.3) is 10.9 Å². The topological polar surface area (TPSA) is 88.3 Å². The zero-order valence-corrected chi connectivity index (χ0v) is 19.8. The Bertz CT molecular complexity index is 1370. The largest absolute Gasteiger partial charge is 0.368 e. The molecule has 8 nitrogen and oxygen atoms in total. The van der Waals surface area contributed by atoms with Crippen molar-refractivity contribution in [2.45, 2.75) is 23.8 Å². The van der Waals surface area contributed by atoms with Gasteiger partial charge in [-0.25, -0.2) is 9.97 Å². The van der Waals surface area contributed by atoms with Crippen molar-refractivity contribution in [2.24, 2.45) is 0 Å². The summed E-state index contributed by atoms with van der Waals surface area (Å²) in [5, 5.41) is 13.5. The van der Waals surface area contributed by atoms with Crippen LogP contribution in [0.2, 0.25) is 0 Å². The molecule has 0 aliphatic carbocycles. The third kappa shape index (κ3) is 4.14. The van der Waals surface area contributed by atoms with E-state index in [1.54, 1.807) is 6.20 Å². The Morgan fingerprint density at radius 2 is 1.65 bits per heavy atom. The van der Waals surface area contributed by atoms with Gasteiger partial charge in [0.25, 0.3) is 0 Å². The van der Waals surface area contributed by atoms with Crippen LogP contribution in [-0.4, -0.2) is 46.1 Å². The summed E-state index contributed by atoms with van der Waals surface area (Å²) in [6, 6.07) is 16.0. The zero-order valence-electron chi connectivity index (χ0n) is 19.0. The van der Waals surface area contributed by atoms with Gasteiger partial charge in [-0.05, 0) is 43.2 Å². The minimum absolute atomic E-state index is 0.0550. The van der Waals surface area contributed by atoms with Crippen LogP contribution < -0.4 is 9.80 Å². The average Bonchev–Trinajstić information content (AvgIpc) is 2.86. The lowest BCUT2D eigenvalue weighted by atomic mass is 10.1. The number of fused-ring (bicyclic) bond motifs is 1.